The topological polar surface area (TPSA) is 23.5 Å². The van der Waals surface area contributed by atoms with E-state index in [0.29, 0.717) is 18.8 Å². The summed E-state index contributed by atoms with van der Waals surface area (Å²) in [4.78, 5) is 1.84. The maximum absolute atomic E-state index is 13.4. The van der Waals surface area contributed by atoms with E-state index in [1.54, 1.807) is 0 Å². The normalized spacial score (nSPS) is 21.0. The van der Waals surface area contributed by atoms with Crippen molar-refractivity contribution in [2.75, 3.05) is 24.6 Å². The van der Waals surface area contributed by atoms with Crippen LogP contribution in [0.5, 0.6) is 0 Å². The van der Waals surface area contributed by atoms with Gasteiger partial charge in [-0.05, 0) is 18.6 Å². The van der Waals surface area contributed by atoms with Crippen molar-refractivity contribution in [1.29, 1.82) is 0 Å². The van der Waals surface area contributed by atoms with Crippen molar-refractivity contribution in [1.82, 2.24) is 0 Å². The molecule has 1 fully saturated rings. The SMILES string of the molecule is OCC1CCN(c2ccc(F)cc2F)C1. The third kappa shape index (κ3) is 2.09. The average molecular weight is 213 g/mol. The van der Waals surface area contributed by atoms with Crippen molar-refractivity contribution in [3.63, 3.8) is 0 Å². The van der Waals surface area contributed by atoms with E-state index in [0.717, 1.165) is 12.5 Å². The zero-order valence-corrected chi connectivity index (χ0v) is 8.29. The molecule has 1 saturated heterocycles. The number of hydrogen-bond donors (Lipinski definition) is 1. The number of rotatable bonds is 2. The van der Waals surface area contributed by atoms with Gasteiger partial charge in [-0.15, -0.1) is 0 Å². The van der Waals surface area contributed by atoms with Gasteiger partial charge in [-0.3, -0.25) is 0 Å². The van der Waals surface area contributed by atoms with Gasteiger partial charge in [0.15, 0.2) is 0 Å². The van der Waals surface area contributed by atoms with Crippen LogP contribution in [0.15, 0.2) is 18.2 Å². The molecular formula is C11H13F2NO. The molecule has 2 nitrogen and oxygen atoms in total. The Morgan fingerprint density at radius 3 is 2.80 bits per heavy atom. The van der Waals surface area contributed by atoms with Crippen LogP contribution in [0.1, 0.15) is 6.42 Å². The predicted molar refractivity (Wildman–Crippen MR) is 53.8 cm³/mol. The van der Waals surface area contributed by atoms with Crippen molar-refractivity contribution in [3.05, 3.63) is 29.8 Å². The molecule has 1 unspecified atom stereocenters. The number of aliphatic hydroxyl groups excluding tert-OH is 1. The van der Waals surface area contributed by atoms with Crippen LogP contribution < -0.4 is 4.90 Å². The summed E-state index contributed by atoms with van der Waals surface area (Å²) in [7, 11) is 0. The minimum Gasteiger partial charge on any atom is -0.396 e. The van der Waals surface area contributed by atoms with Crippen molar-refractivity contribution >= 4 is 5.69 Å². The maximum atomic E-state index is 13.4. The summed E-state index contributed by atoms with van der Waals surface area (Å²) in [5, 5.41) is 8.96. The fourth-order valence-corrected chi connectivity index (χ4v) is 1.94. The Morgan fingerprint density at radius 2 is 2.20 bits per heavy atom. The first-order chi connectivity index (χ1) is 7.20. The summed E-state index contributed by atoms with van der Waals surface area (Å²) in [6, 6.07) is 3.59. The maximum Gasteiger partial charge on any atom is 0.149 e. The van der Waals surface area contributed by atoms with Crippen molar-refractivity contribution in [3.8, 4) is 0 Å². The highest BCUT2D eigenvalue weighted by molar-refractivity contribution is 5.48. The standard InChI is InChI=1S/C11H13F2NO/c12-9-1-2-11(10(13)5-9)14-4-3-8(6-14)7-15/h1-2,5,8,15H,3-4,6-7H2. The van der Waals surface area contributed by atoms with Gasteiger partial charge < -0.3 is 10.0 Å². The molecule has 0 amide bonds. The van der Waals surface area contributed by atoms with Crippen molar-refractivity contribution < 1.29 is 13.9 Å². The van der Waals surface area contributed by atoms with E-state index >= 15 is 0 Å². The van der Waals surface area contributed by atoms with Gasteiger partial charge in [0, 0.05) is 31.7 Å². The molecule has 4 heteroatoms. The monoisotopic (exact) mass is 213 g/mol. The number of nitrogens with zero attached hydrogens (tertiary/aromatic N) is 1. The Morgan fingerprint density at radius 1 is 1.40 bits per heavy atom. The highest BCUT2D eigenvalue weighted by Crippen LogP contribution is 2.26. The summed E-state index contributed by atoms with van der Waals surface area (Å²) in [6.45, 7) is 1.48. The Kier molecular flexibility index (Phi) is 2.86. The molecule has 82 valence electrons. The molecule has 0 radical (unpaired) electrons. The van der Waals surface area contributed by atoms with Crippen LogP contribution in [0.2, 0.25) is 0 Å². The van der Waals surface area contributed by atoms with Crippen LogP contribution >= 0.6 is 0 Å². The molecule has 1 aliphatic rings. The molecule has 0 aliphatic carbocycles. The zero-order valence-electron chi connectivity index (χ0n) is 8.29. The van der Waals surface area contributed by atoms with Crippen LogP contribution in [-0.4, -0.2) is 24.8 Å². The molecule has 0 saturated carbocycles. The van der Waals surface area contributed by atoms with Gasteiger partial charge >= 0.3 is 0 Å². The minimum atomic E-state index is -0.561. The largest absolute Gasteiger partial charge is 0.396 e. The van der Waals surface area contributed by atoms with Gasteiger partial charge in [0.2, 0.25) is 0 Å². The van der Waals surface area contributed by atoms with Crippen LogP contribution in [0.3, 0.4) is 0 Å². The van der Waals surface area contributed by atoms with Crippen LogP contribution in [-0.2, 0) is 0 Å². The number of aliphatic hydroxyl groups is 1. The Hall–Kier alpha value is -1.16. The van der Waals surface area contributed by atoms with E-state index in [1.165, 1.54) is 12.1 Å². The summed E-state index contributed by atoms with van der Waals surface area (Å²) >= 11 is 0. The summed E-state index contributed by atoms with van der Waals surface area (Å²) in [6.07, 6.45) is 0.854. The summed E-state index contributed by atoms with van der Waals surface area (Å²) in [5.41, 5.74) is 0.423. The number of anilines is 1. The highest BCUT2D eigenvalue weighted by Gasteiger charge is 2.23. The summed E-state index contributed by atoms with van der Waals surface area (Å²) in [5.74, 6) is -0.891. The molecule has 1 aromatic rings. The molecule has 1 aromatic carbocycles. The van der Waals surface area contributed by atoms with Gasteiger partial charge in [0.25, 0.3) is 0 Å². The average Bonchev–Trinajstić information content (AvgIpc) is 2.66. The van der Waals surface area contributed by atoms with E-state index in [-0.39, 0.29) is 12.5 Å². The van der Waals surface area contributed by atoms with Gasteiger partial charge in [-0.2, -0.15) is 0 Å². The molecule has 15 heavy (non-hydrogen) atoms. The van der Waals surface area contributed by atoms with Crippen LogP contribution in [0.25, 0.3) is 0 Å². The second-order valence-corrected chi connectivity index (χ2v) is 3.88. The molecule has 0 spiro atoms. The highest BCUT2D eigenvalue weighted by atomic mass is 19.1. The second kappa shape index (κ2) is 4.14. The lowest BCUT2D eigenvalue weighted by atomic mass is 10.1. The third-order valence-corrected chi connectivity index (χ3v) is 2.79. The second-order valence-electron chi connectivity index (χ2n) is 3.88. The van der Waals surface area contributed by atoms with Gasteiger partial charge in [-0.25, -0.2) is 8.78 Å². The lowest BCUT2D eigenvalue weighted by molar-refractivity contribution is 0.238. The van der Waals surface area contributed by atoms with Gasteiger partial charge in [-0.1, -0.05) is 0 Å². The van der Waals surface area contributed by atoms with Crippen molar-refractivity contribution in [2.24, 2.45) is 5.92 Å². The smallest absolute Gasteiger partial charge is 0.149 e. The zero-order chi connectivity index (χ0) is 10.8. The van der Waals surface area contributed by atoms with E-state index < -0.39 is 11.6 Å². The van der Waals surface area contributed by atoms with E-state index in [1.807, 2.05) is 4.90 Å². The predicted octanol–water partition coefficient (Wildman–Crippen LogP) is 1.78. The minimum absolute atomic E-state index is 0.124. The Bertz CT molecular complexity index is 356. The lowest BCUT2D eigenvalue weighted by Crippen LogP contribution is -2.21. The molecule has 0 aromatic heterocycles. The number of benzene rings is 1. The van der Waals surface area contributed by atoms with Crippen LogP contribution in [0, 0.1) is 17.6 Å². The summed E-state index contributed by atoms with van der Waals surface area (Å²) < 4.78 is 26.1. The number of halogens is 2. The van der Waals surface area contributed by atoms with E-state index in [2.05, 4.69) is 0 Å². The van der Waals surface area contributed by atoms with Gasteiger partial charge in [0.1, 0.15) is 11.6 Å². The van der Waals surface area contributed by atoms with Crippen molar-refractivity contribution in [2.45, 2.75) is 6.42 Å². The third-order valence-electron chi connectivity index (χ3n) is 2.79. The first-order valence-corrected chi connectivity index (χ1v) is 5.01. The first kappa shape index (κ1) is 10.4. The fraction of sp³-hybridized carbons (Fsp3) is 0.455. The lowest BCUT2D eigenvalue weighted by Gasteiger charge is -2.18. The fourth-order valence-electron chi connectivity index (χ4n) is 1.94. The van der Waals surface area contributed by atoms with E-state index in [4.69, 9.17) is 5.11 Å². The Labute approximate surface area is 87.1 Å². The van der Waals surface area contributed by atoms with E-state index in [9.17, 15) is 8.78 Å². The molecule has 2 rings (SSSR count). The molecule has 1 atom stereocenters. The van der Waals surface area contributed by atoms with Gasteiger partial charge in [0.05, 0.1) is 5.69 Å². The Balaban J connectivity index is 2.17. The first-order valence-electron chi connectivity index (χ1n) is 5.01. The molecule has 1 N–H and O–H groups in total. The number of hydrogen-bond acceptors (Lipinski definition) is 2. The van der Waals surface area contributed by atoms with Crippen LogP contribution in [0.4, 0.5) is 14.5 Å². The molecule has 1 aliphatic heterocycles. The molecule has 1 heterocycles. The quantitative estimate of drug-likeness (QED) is 0.809. The molecular weight excluding hydrogens is 200 g/mol. The molecule has 0 bridgehead atoms.